The second kappa shape index (κ2) is 10.1. The van der Waals surface area contributed by atoms with Crippen LogP contribution >= 0.6 is 31.0 Å². The number of benzene rings is 3. The van der Waals surface area contributed by atoms with Crippen molar-refractivity contribution < 1.29 is 23.6 Å². The third kappa shape index (κ3) is 4.59. The average Bonchev–Trinajstić information content (AvgIpc) is 2.78. The first-order valence-corrected chi connectivity index (χ1v) is 12.2. The van der Waals surface area contributed by atoms with Gasteiger partial charge in [0, 0.05) is 11.1 Å². The standard InChI is InChI=1S/C25H23Cl2O5P/c1-13-11-14(2)17(15(3)12-13)25(29)33(30)24-22(31-4)19(26)18(20(27)23(24)32-5)21(28)16-9-7-6-8-10-16/h6-12,33H,1-5H3. The van der Waals surface area contributed by atoms with Gasteiger partial charge in [0.25, 0.3) is 0 Å². The summed E-state index contributed by atoms with van der Waals surface area (Å²) in [6, 6.07) is 12.1. The van der Waals surface area contributed by atoms with E-state index in [2.05, 4.69) is 0 Å². The summed E-state index contributed by atoms with van der Waals surface area (Å²) in [6.07, 6.45) is 0. The Hall–Kier alpha value is -2.59. The lowest BCUT2D eigenvalue weighted by Crippen LogP contribution is -2.16. The van der Waals surface area contributed by atoms with Crippen LogP contribution in [0.4, 0.5) is 0 Å². The second-order valence-electron chi connectivity index (χ2n) is 7.57. The van der Waals surface area contributed by atoms with Crippen molar-refractivity contribution in [2.75, 3.05) is 14.2 Å². The zero-order chi connectivity index (χ0) is 24.4. The summed E-state index contributed by atoms with van der Waals surface area (Å²) < 4.78 is 24.5. The largest absolute Gasteiger partial charge is 0.494 e. The number of carbonyl (C=O) groups is 2. The van der Waals surface area contributed by atoms with E-state index in [1.165, 1.54) is 14.2 Å². The van der Waals surface area contributed by atoms with E-state index in [0.29, 0.717) is 22.3 Å². The highest BCUT2D eigenvalue weighted by atomic mass is 35.5. The molecule has 0 amide bonds. The molecule has 0 saturated heterocycles. The Balaban J connectivity index is 2.24. The molecule has 0 fully saturated rings. The van der Waals surface area contributed by atoms with Gasteiger partial charge >= 0.3 is 0 Å². The Kier molecular flexibility index (Phi) is 7.69. The van der Waals surface area contributed by atoms with Crippen LogP contribution in [-0.2, 0) is 4.57 Å². The van der Waals surface area contributed by atoms with Gasteiger partial charge < -0.3 is 14.0 Å². The third-order valence-electron chi connectivity index (χ3n) is 5.30. The van der Waals surface area contributed by atoms with Crippen LogP contribution in [0.15, 0.2) is 42.5 Å². The molecule has 1 unspecified atom stereocenters. The van der Waals surface area contributed by atoms with Gasteiger partial charge in [-0.15, -0.1) is 0 Å². The summed E-state index contributed by atoms with van der Waals surface area (Å²) in [7, 11) is -0.574. The molecule has 33 heavy (non-hydrogen) atoms. The predicted octanol–water partition coefficient (Wildman–Crippen LogP) is 6.19. The molecule has 0 aliphatic rings. The summed E-state index contributed by atoms with van der Waals surface area (Å²) in [5, 5.41) is -0.305. The van der Waals surface area contributed by atoms with Crippen molar-refractivity contribution in [1.82, 2.24) is 0 Å². The van der Waals surface area contributed by atoms with Gasteiger partial charge in [0.15, 0.2) is 25.1 Å². The van der Waals surface area contributed by atoms with Crippen LogP contribution in [0.5, 0.6) is 11.5 Å². The first kappa shape index (κ1) is 25.0. The lowest BCUT2D eigenvalue weighted by Gasteiger charge is -2.19. The number of rotatable bonds is 7. The Bertz CT molecular complexity index is 1230. The van der Waals surface area contributed by atoms with Crippen molar-refractivity contribution in [2.24, 2.45) is 0 Å². The molecule has 5 nitrogen and oxygen atoms in total. The number of ether oxygens (including phenoxy) is 2. The molecule has 0 aliphatic heterocycles. The van der Waals surface area contributed by atoms with Gasteiger partial charge in [0.1, 0.15) is 5.30 Å². The molecular weight excluding hydrogens is 482 g/mol. The smallest absolute Gasteiger partial charge is 0.223 e. The summed E-state index contributed by atoms with van der Waals surface area (Å²) in [5.41, 5.74) is 2.51. The van der Waals surface area contributed by atoms with E-state index >= 15 is 0 Å². The maximum absolute atomic E-state index is 13.6. The highest BCUT2D eigenvalue weighted by molar-refractivity contribution is 7.72. The van der Waals surface area contributed by atoms with Crippen molar-refractivity contribution in [3.63, 3.8) is 0 Å². The van der Waals surface area contributed by atoms with E-state index in [1.807, 2.05) is 19.1 Å². The fraction of sp³-hybridized carbons (Fsp3) is 0.200. The van der Waals surface area contributed by atoms with Gasteiger partial charge in [-0.2, -0.15) is 0 Å². The molecule has 1 atom stereocenters. The zero-order valence-corrected chi connectivity index (χ0v) is 21.4. The van der Waals surface area contributed by atoms with E-state index in [0.717, 1.165) is 5.56 Å². The van der Waals surface area contributed by atoms with E-state index in [1.54, 1.807) is 44.2 Å². The maximum atomic E-state index is 13.6. The van der Waals surface area contributed by atoms with Crippen molar-refractivity contribution in [2.45, 2.75) is 20.8 Å². The molecule has 0 saturated carbocycles. The molecule has 3 aromatic carbocycles. The quantitative estimate of drug-likeness (QED) is 0.283. The normalized spacial score (nSPS) is 11.7. The van der Waals surface area contributed by atoms with Crippen molar-refractivity contribution in [1.29, 1.82) is 0 Å². The minimum Gasteiger partial charge on any atom is -0.494 e. The second-order valence-corrected chi connectivity index (χ2v) is 9.94. The number of methoxy groups -OCH3 is 2. The van der Waals surface area contributed by atoms with E-state index in [-0.39, 0.29) is 32.4 Å². The molecule has 3 aromatic rings. The fourth-order valence-corrected chi connectivity index (χ4v) is 6.56. The molecule has 0 aromatic heterocycles. The van der Waals surface area contributed by atoms with Crippen LogP contribution in [0.2, 0.25) is 10.0 Å². The average molecular weight is 505 g/mol. The topological polar surface area (TPSA) is 69.7 Å². The third-order valence-corrected chi connectivity index (χ3v) is 7.59. The van der Waals surface area contributed by atoms with Gasteiger partial charge in [-0.3, -0.25) is 9.59 Å². The van der Waals surface area contributed by atoms with E-state index in [4.69, 9.17) is 32.7 Å². The summed E-state index contributed by atoms with van der Waals surface area (Å²) in [4.78, 5) is 26.5. The van der Waals surface area contributed by atoms with Crippen LogP contribution in [0.25, 0.3) is 0 Å². The SMILES string of the molecule is COc1c(Cl)c(C(=O)c2ccccc2)c(Cl)c(OC)c1[PH](=O)C(=O)c1c(C)cc(C)cc1C. The monoisotopic (exact) mass is 504 g/mol. The van der Waals surface area contributed by atoms with Crippen molar-refractivity contribution in [3.8, 4) is 11.5 Å². The molecule has 0 N–H and O–H groups in total. The Morgan fingerprint density at radius 1 is 0.818 bits per heavy atom. The van der Waals surface area contributed by atoms with Crippen molar-refractivity contribution >= 4 is 47.6 Å². The molecule has 0 spiro atoms. The van der Waals surface area contributed by atoms with Crippen LogP contribution in [0, 0.1) is 20.8 Å². The molecular formula is C25H23Cl2O5P. The molecule has 172 valence electrons. The molecule has 0 bridgehead atoms. The minimum atomic E-state index is -3.21. The van der Waals surface area contributed by atoms with Gasteiger partial charge in [-0.1, -0.05) is 71.2 Å². The van der Waals surface area contributed by atoms with Crippen LogP contribution in [0.3, 0.4) is 0 Å². The predicted molar refractivity (Wildman–Crippen MR) is 133 cm³/mol. The van der Waals surface area contributed by atoms with Gasteiger partial charge in [0.2, 0.25) is 5.52 Å². The minimum absolute atomic E-state index is 0.0472. The van der Waals surface area contributed by atoms with Gasteiger partial charge in [0.05, 0.1) is 29.8 Å². The van der Waals surface area contributed by atoms with Gasteiger partial charge in [-0.25, -0.2) is 0 Å². The van der Waals surface area contributed by atoms with Crippen molar-refractivity contribution in [3.05, 3.63) is 85.9 Å². The maximum Gasteiger partial charge on any atom is 0.223 e. The molecule has 0 radical (unpaired) electrons. The molecule has 8 heteroatoms. The highest BCUT2D eigenvalue weighted by Crippen LogP contribution is 2.46. The first-order chi connectivity index (χ1) is 15.6. The Morgan fingerprint density at radius 3 is 1.76 bits per heavy atom. The Labute approximate surface area is 203 Å². The first-order valence-electron chi connectivity index (χ1n) is 10.0. The lowest BCUT2D eigenvalue weighted by atomic mass is 10.0. The van der Waals surface area contributed by atoms with Crippen LogP contribution < -0.4 is 14.8 Å². The molecule has 3 rings (SSSR count). The van der Waals surface area contributed by atoms with Crippen LogP contribution in [-0.4, -0.2) is 25.5 Å². The van der Waals surface area contributed by atoms with E-state index in [9.17, 15) is 14.2 Å². The highest BCUT2D eigenvalue weighted by Gasteiger charge is 2.34. The zero-order valence-electron chi connectivity index (χ0n) is 18.8. The van der Waals surface area contributed by atoms with E-state index < -0.39 is 19.1 Å². The molecule has 0 heterocycles. The van der Waals surface area contributed by atoms with Crippen LogP contribution in [0.1, 0.15) is 43.0 Å². The number of aryl methyl sites for hydroxylation is 3. The Morgan fingerprint density at radius 2 is 1.30 bits per heavy atom. The number of halogens is 2. The summed E-state index contributed by atoms with van der Waals surface area (Å²) in [5.74, 6) is -0.598. The fourth-order valence-electron chi connectivity index (χ4n) is 3.93. The number of ketones is 1. The molecule has 0 aliphatic carbocycles. The lowest BCUT2D eigenvalue weighted by molar-refractivity contribution is 0.103. The summed E-state index contributed by atoms with van der Waals surface area (Å²) in [6.45, 7) is 5.50. The number of hydrogen-bond donors (Lipinski definition) is 0. The number of carbonyl (C=O) groups excluding carboxylic acids is 2. The summed E-state index contributed by atoms with van der Waals surface area (Å²) >= 11 is 13.1. The number of hydrogen-bond acceptors (Lipinski definition) is 5. The van der Waals surface area contributed by atoms with Gasteiger partial charge in [-0.05, 0) is 31.9 Å².